The predicted octanol–water partition coefficient (Wildman–Crippen LogP) is 4.39. The molecule has 20 heavy (non-hydrogen) atoms. The molecule has 0 saturated heterocycles. The van der Waals surface area contributed by atoms with E-state index in [1.165, 1.54) is 19.3 Å². The quantitative estimate of drug-likeness (QED) is 0.852. The Kier molecular flexibility index (Phi) is 3.24. The predicted molar refractivity (Wildman–Crippen MR) is 84.6 cm³/mol. The Labute approximate surface area is 129 Å². The van der Waals surface area contributed by atoms with Gasteiger partial charge in [-0.05, 0) is 60.3 Å². The molecule has 108 valence electrons. The van der Waals surface area contributed by atoms with E-state index >= 15 is 0 Å². The van der Waals surface area contributed by atoms with Gasteiger partial charge in [0.1, 0.15) is 0 Å². The van der Waals surface area contributed by atoms with E-state index in [-0.39, 0.29) is 22.8 Å². The summed E-state index contributed by atoms with van der Waals surface area (Å²) in [5.74, 6) is 0.812. The van der Waals surface area contributed by atoms with Crippen LogP contribution in [0.2, 0.25) is 0 Å². The summed E-state index contributed by atoms with van der Waals surface area (Å²) in [5, 5.41) is 3.32. The van der Waals surface area contributed by atoms with Crippen LogP contribution in [0, 0.1) is 16.7 Å². The van der Waals surface area contributed by atoms with E-state index in [9.17, 15) is 4.79 Å². The Morgan fingerprint density at radius 3 is 2.45 bits per heavy atom. The van der Waals surface area contributed by atoms with Crippen LogP contribution in [0.1, 0.15) is 50.4 Å². The molecule has 1 amide bonds. The molecule has 2 saturated carbocycles. The third-order valence-electron chi connectivity index (χ3n) is 5.65. The van der Waals surface area contributed by atoms with Crippen molar-refractivity contribution in [2.75, 3.05) is 0 Å². The summed E-state index contributed by atoms with van der Waals surface area (Å²) in [7, 11) is 0. The van der Waals surface area contributed by atoms with E-state index in [2.05, 4.69) is 42.0 Å². The van der Waals surface area contributed by atoms with Crippen LogP contribution in [-0.4, -0.2) is 11.9 Å². The van der Waals surface area contributed by atoms with E-state index in [1.54, 1.807) is 0 Å². The second-order valence-electron chi connectivity index (χ2n) is 7.33. The highest BCUT2D eigenvalue weighted by molar-refractivity contribution is 9.10. The lowest BCUT2D eigenvalue weighted by Gasteiger charge is -2.43. The summed E-state index contributed by atoms with van der Waals surface area (Å²) >= 11 is 3.40. The fourth-order valence-electron chi connectivity index (χ4n) is 4.48. The maximum Gasteiger partial charge on any atom is 0.251 e. The van der Waals surface area contributed by atoms with Gasteiger partial charge >= 0.3 is 0 Å². The lowest BCUT2D eigenvalue weighted by Crippen LogP contribution is -2.52. The van der Waals surface area contributed by atoms with Crippen LogP contribution < -0.4 is 5.32 Å². The van der Waals surface area contributed by atoms with Gasteiger partial charge in [0, 0.05) is 16.1 Å². The molecule has 2 fully saturated rings. The molecule has 3 rings (SSSR count). The fourth-order valence-corrected chi connectivity index (χ4v) is 4.74. The number of fused-ring (bicyclic) bond motifs is 2. The Morgan fingerprint density at radius 1 is 1.25 bits per heavy atom. The van der Waals surface area contributed by atoms with Crippen molar-refractivity contribution in [1.82, 2.24) is 5.32 Å². The van der Waals surface area contributed by atoms with Gasteiger partial charge in [0.25, 0.3) is 5.91 Å². The number of rotatable bonds is 2. The zero-order valence-electron chi connectivity index (χ0n) is 12.4. The molecular formula is C17H22BrNO. The lowest BCUT2D eigenvalue weighted by atomic mass is 9.68. The van der Waals surface area contributed by atoms with E-state index < -0.39 is 0 Å². The molecule has 1 aromatic carbocycles. The first-order valence-electron chi connectivity index (χ1n) is 7.39. The molecule has 0 aliphatic heterocycles. The average molecular weight is 336 g/mol. The number of halogens is 1. The van der Waals surface area contributed by atoms with Gasteiger partial charge in [-0.1, -0.05) is 36.7 Å². The highest BCUT2D eigenvalue weighted by atomic mass is 79.9. The van der Waals surface area contributed by atoms with Gasteiger partial charge in [-0.25, -0.2) is 0 Å². The Bertz CT molecular complexity index is 532. The molecule has 3 atom stereocenters. The van der Waals surface area contributed by atoms with E-state index in [1.807, 2.05) is 24.3 Å². The Morgan fingerprint density at radius 2 is 1.90 bits per heavy atom. The molecule has 2 bridgehead atoms. The molecule has 2 aliphatic carbocycles. The Hall–Kier alpha value is -0.830. The summed E-state index contributed by atoms with van der Waals surface area (Å²) in [5.41, 5.74) is 1.23. The van der Waals surface area contributed by atoms with Crippen LogP contribution in [0.5, 0.6) is 0 Å². The highest BCUT2D eigenvalue weighted by Gasteiger charge is 2.59. The van der Waals surface area contributed by atoms with Crippen molar-refractivity contribution < 1.29 is 4.79 Å². The molecule has 0 heterocycles. The SMILES string of the molecule is CC12CCC(C1)C(C)(C)C2NC(=O)c1ccc(Br)cc1. The summed E-state index contributed by atoms with van der Waals surface area (Å²) in [6.07, 6.45) is 3.81. The van der Waals surface area contributed by atoms with E-state index in [0.29, 0.717) is 0 Å². The number of nitrogens with one attached hydrogen (secondary N) is 1. The molecule has 0 radical (unpaired) electrons. The van der Waals surface area contributed by atoms with Crippen LogP contribution in [0.25, 0.3) is 0 Å². The molecule has 1 aromatic rings. The number of benzene rings is 1. The first-order chi connectivity index (χ1) is 9.33. The first-order valence-corrected chi connectivity index (χ1v) is 8.19. The van der Waals surface area contributed by atoms with Crippen molar-refractivity contribution in [2.45, 2.75) is 46.1 Å². The van der Waals surface area contributed by atoms with Gasteiger partial charge in [0.05, 0.1) is 0 Å². The van der Waals surface area contributed by atoms with Crippen LogP contribution in [0.3, 0.4) is 0 Å². The first kappa shape index (κ1) is 14.1. The lowest BCUT2D eigenvalue weighted by molar-refractivity contribution is 0.0737. The van der Waals surface area contributed by atoms with Crippen molar-refractivity contribution >= 4 is 21.8 Å². The third-order valence-corrected chi connectivity index (χ3v) is 6.18. The van der Waals surface area contributed by atoms with Crippen LogP contribution >= 0.6 is 15.9 Å². The highest BCUT2D eigenvalue weighted by Crippen LogP contribution is 2.62. The number of hydrogen-bond acceptors (Lipinski definition) is 1. The van der Waals surface area contributed by atoms with Crippen LogP contribution in [0.15, 0.2) is 28.7 Å². The van der Waals surface area contributed by atoms with Gasteiger partial charge < -0.3 is 5.32 Å². The van der Waals surface area contributed by atoms with Crippen LogP contribution in [0.4, 0.5) is 0 Å². The second-order valence-corrected chi connectivity index (χ2v) is 8.24. The van der Waals surface area contributed by atoms with E-state index in [4.69, 9.17) is 0 Å². The zero-order valence-corrected chi connectivity index (χ0v) is 14.0. The number of carbonyl (C=O) groups is 1. The molecule has 0 aromatic heterocycles. The van der Waals surface area contributed by atoms with Gasteiger partial charge in [-0.2, -0.15) is 0 Å². The monoisotopic (exact) mass is 335 g/mol. The minimum atomic E-state index is 0.0596. The normalized spacial score (nSPS) is 34.2. The van der Waals surface area contributed by atoms with Crippen molar-refractivity contribution in [1.29, 1.82) is 0 Å². The third kappa shape index (κ3) is 2.11. The summed E-state index contributed by atoms with van der Waals surface area (Å²) in [4.78, 5) is 12.5. The standard InChI is InChI=1S/C17H22BrNO/c1-16(2)12-8-9-17(3,10-12)15(16)19-14(20)11-4-6-13(18)7-5-11/h4-7,12,15H,8-10H2,1-3H3,(H,19,20). The summed E-state index contributed by atoms with van der Waals surface area (Å²) in [6, 6.07) is 7.87. The topological polar surface area (TPSA) is 29.1 Å². The van der Waals surface area contributed by atoms with Crippen LogP contribution in [-0.2, 0) is 0 Å². The van der Waals surface area contributed by atoms with Gasteiger partial charge in [-0.15, -0.1) is 0 Å². The largest absolute Gasteiger partial charge is 0.348 e. The maximum atomic E-state index is 12.5. The maximum absolute atomic E-state index is 12.5. The average Bonchev–Trinajstić information content (AvgIpc) is 2.86. The molecular weight excluding hydrogens is 314 g/mol. The molecule has 2 nitrogen and oxygen atoms in total. The molecule has 0 spiro atoms. The van der Waals surface area contributed by atoms with Crippen molar-refractivity contribution in [3.05, 3.63) is 34.3 Å². The fraction of sp³-hybridized carbons (Fsp3) is 0.588. The molecule has 2 aliphatic rings. The molecule has 3 heteroatoms. The zero-order chi connectivity index (χ0) is 14.5. The van der Waals surface area contributed by atoms with Crippen molar-refractivity contribution in [3.63, 3.8) is 0 Å². The van der Waals surface area contributed by atoms with E-state index in [0.717, 1.165) is 16.0 Å². The number of carbonyl (C=O) groups excluding carboxylic acids is 1. The van der Waals surface area contributed by atoms with Crippen molar-refractivity contribution in [3.8, 4) is 0 Å². The van der Waals surface area contributed by atoms with Gasteiger partial charge in [0.2, 0.25) is 0 Å². The van der Waals surface area contributed by atoms with Gasteiger partial charge in [0.15, 0.2) is 0 Å². The smallest absolute Gasteiger partial charge is 0.251 e. The summed E-state index contributed by atoms with van der Waals surface area (Å²) in [6.45, 7) is 6.97. The van der Waals surface area contributed by atoms with Crippen molar-refractivity contribution in [2.24, 2.45) is 16.7 Å². The second kappa shape index (κ2) is 4.59. The summed E-state index contributed by atoms with van der Waals surface area (Å²) < 4.78 is 1.00. The van der Waals surface area contributed by atoms with Gasteiger partial charge in [-0.3, -0.25) is 4.79 Å². The number of amides is 1. The minimum absolute atomic E-state index is 0.0596. The number of hydrogen-bond donors (Lipinski definition) is 1. The Balaban J connectivity index is 1.80. The molecule has 3 unspecified atom stereocenters. The minimum Gasteiger partial charge on any atom is -0.348 e. The molecule has 1 N–H and O–H groups in total.